The van der Waals surface area contributed by atoms with Gasteiger partial charge in [-0.25, -0.2) is 4.98 Å². The van der Waals surface area contributed by atoms with Gasteiger partial charge in [0.15, 0.2) is 0 Å². The highest BCUT2D eigenvalue weighted by Gasteiger charge is 2.11. The summed E-state index contributed by atoms with van der Waals surface area (Å²) in [5.74, 6) is -0.127. The Labute approximate surface area is 149 Å². The zero-order valence-corrected chi connectivity index (χ0v) is 14.3. The van der Waals surface area contributed by atoms with Gasteiger partial charge in [-0.2, -0.15) is 0 Å². The van der Waals surface area contributed by atoms with Crippen LogP contribution in [-0.2, 0) is 6.42 Å². The Morgan fingerprint density at radius 3 is 2.76 bits per heavy atom. The zero-order valence-electron chi connectivity index (χ0n) is 13.5. The number of nitrogens with one attached hydrogen (secondary N) is 2. The summed E-state index contributed by atoms with van der Waals surface area (Å²) < 4.78 is 0. The van der Waals surface area contributed by atoms with Gasteiger partial charge in [0.2, 0.25) is 0 Å². The van der Waals surface area contributed by atoms with Crippen LogP contribution in [0.15, 0.2) is 66.2 Å². The molecular formula is C20H17N3OS. The Morgan fingerprint density at radius 2 is 1.88 bits per heavy atom. The average molecular weight is 347 g/mol. The van der Waals surface area contributed by atoms with E-state index in [0.717, 1.165) is 22.5 Å². The number of carbonyl (C=O) groups excluding carboxylic acids is 1. The van der Waals surface area contributed by atoms with Gasteiger partial charge in [0.05, 0.1) is 0 Å². The quantitative estimate of drug-likeness (QED) is 0.566. The van der Waals surface area contributed by atoms with E-state index in [-0.39, 0.29) is 5.91 Å². The minimum atomic E-state index is -0.127. The fourth-order valence-electron chi connectivity index (χ4n) is 2.83. The number of H-pyrrole nitrogens is 1. The van der Waals surface area contributed by atoms with E-state index in [2.05, 4.69) is 27.4 Å². The van der Waals surface area contributed by atoms with Crippen LogP contribution < -0.4 is 5.32 Å². The summed E-state index contributed by atoms with van der Waals surface area (Å²) in [5, 5.41) is 6.84. The van der Waals surface area contributed by atoms with Gasteiger partial charge in [0.25, 0.3) is 5.91 Å². The average Bonchev–Trinajstić information content (AvgIpc) is 3.30. The molecule has 0 saturated carbocycles. The number of fused-ring (bicyclic) bond motifs is 1. The fraction of sp³-hybridized carbons (Fsp3) is 0.100. The standard InChI is InChI=1S/C20H17N3OS/c24-19(18-13-25-20(23-18)14-6-2-1-3-7-14)21-11-10-15-12-22-17-9-5-4-8-16(15)17/h1-9,12-13,22H,10-11H2,(H,21,24). The van der Waals surface area contributed by atoms with E-state index in [4.69, 9.17) is 0 Å². The number of aromatic nitrogens is 2. The summed E-state index contributed by atoms with van der Waals surface area (Å²) in [7, 11) is 0. The SMILES string of the molecule is O=C(NCCc1c[nH]c2ccccc12)c1csc(-c2ccccc2)n1. The molecule has 0 aliphatic rings. The molecule has 2 aromatic carbocycles. The number of benzene rings is 2. The number of carbonyl (C=O) groups is 1. The van der Waals surface area contributed by atoms with Gasteiger partial charge in [0.1, 0.15) is 10.7 Å². The van der Waals surface area contributed by atoms with Crippen molar-refractivity contribution in [2.45, 2.75) is 6.42 Å². The van der Waals surface area contributed by atoms with Crippen molar-refractivity contribution in [1.29, 1.82) is 0 Å². The molecule has 1 amide bonds. The minimum Gasteiger partial charge on any atom is -0.361 e. The molecule has 0 fully saturated rings. The maximum Gasteiger partial charge on any atom is 0.270 e. The molecule has 0 unspecified atom stereocenters. The van der Waals surface area contributed by atoms with E-state index in [1.807, 2.05) is 54.0 Å². The lowest BCUT2D eigenvalue weighted by Gasteiger charge is -2.02. The first-order valence-electron chi connectivity index (χ1n) is 8.15. The highest BCUT2D eigenvalue weighted by Crippen LogP contribution is 2.23. The van der Waals surface area contributed by atoms with E-state index in [1.165, 1.54) is 22.3 Å². The lowest BCUT2D eigenvalue weighted by atomic mass is 10.1. The molecule has 124 valence electrons. The van der Waals surface area contributed by atoms with Crippen molar-refractivity contribution in [3.8, 4) is 10.6 Å². The zero-order chi connectivity index (χ0) is 17.1. The number of thiazole rings is 1. The molecule has 2 heterocycles. The highest BCUT2D eigenvalue weighted by atomic mass is 32.1. The second-order valence-electron chi connectivity index (χ2n) is 5.77. The van der Waals surface area contributed by atoms with Crippen LogP contribution in [0.2, 0.25) is 0 Å². The van der Waals surface area contributed by atoms with E-state index >= 15 is 0 Å². The van der Waals surface area contributed by atoms with Crippen molar-refractivity contribution in [3.05, 3.63) is 77.4 Å². The molecule has 0 spiro atoms. The number of para-hydroxylation sites is 1. The molecule has 5 heteroatoms. The van der Waals surface area contributed by atoms with Crippen molar-refractivity contribution in [2.24, 2.45) is 0 Å². The largest absolute Gasteiger partial charge is 0.361 e. The van der Waals surface area contributed by atoms with Crippen LogP contribution >= 0.6 is 11.3 Å². The number of aromatic amines is 1. The third-order valence-corrected chi connectivity index (χ3v) is 5.00. The van der Waals surface area contributed by atoms with Crippen molar-refractivity contribution >= 4 is 28.1 Å². The van der Waals surface area contributed by atoms with Crippen LogP contribution in [0.4, 0.5) is 0 Å². The predicted molar refractivity (Wildman–Crippen MR) is 102 cm³/mol. The number of amides is 1. The van der Waals surface area contributed by atoms with Crippen LogP contribution in [0.25, 0.3) is 21.5 Å². The van der Waals surface area contributed by atoms with E-state index in [1.54, 1.807) is 0 Å². The maximum absolute atomic E-state index is 12.3. The topological polar surface area (TPSA) is 57.8 Å². The predicted octanol–water partition coefficient (Wildman–Crippen LogP) is 4.26. The third-order valence-electron chi connectivity index (χ3n) is 4.11. The van der Waals surface area contributed by atoms with Crippen LogP contribution in [0, 0.1) is 0 Å². The summed E-state index contributed by atoms with van der Waals surface area (Å²) in [6, 6.07) is 18.1. The van der Waals surface area contributed by atoms with Crippen molar-refractivity contribution in [2.75, 3.05) is 6.54 Å². The summed E-state index contributed by atoms with van der Waals surface area (Å²) in [6.07, 6.45) is 2.79. The number of hydrogen-bond donors (Lipinski definition) is 2. The smallest absolute Gasteiger partial charge is 0.270 e. The Balaban J connectivity index is 1.39. The lowest BCUT2D eigenvalue weighted by Crippen LogP contribution is -2.25. The van der Waals surface area contributed by atoms with Crippen LogP contribution in [0.5, 0.6) is 0 Å². The molecule has 2 aromatic heterocycles. The second-order valence-corrected chi connectivity index (χ2v) is 6.63. The van der Waals surface area contributed by atoms with Crippen LogP contribution in [0.1, 0.15) is 16.1 Å². The van der Waals surface area contributed by atoms with E-state index in [9.17, 15) is 4.79 Å². The molecule has 0 atom stereocenters. The number of rotatable bonds is 5. The lowest BCUT2D eigenvalue weighted by molar-refractivity contribution is 0.0950. The first-order valence-corrected chi connectivity index (χ1v) is 9.03. The Morgan fingerprint density at radius 1 is 1.08 bits per heavy atom. The van der Waals surface area contributed by atoms with E-state index < -0.39 is 0 Å². The maximum atomic E-state index is 12.3. The number of nitrogens with zero attached hydrogens (tertiary/aromatic N) is 1. The molecule has 0 bridgehead atoms. The highest BCUT2D eigenvalue weighted by molar-refractivity contribution is 7.13. The van der Waals surface area contributed by atoms with Gasteiger partial charge in [-0.1, -0.05) is 48.5 Å². The normalized spacial score (nSPS) is 10.9. The van der Waals surface area contributed by atoms with E-state index in [0.29, 0.717) is 12.2 Å². The Kier molecular flexibility index (Phi) is 4.31. The summed E-state index contributed by atoms with van der Waals surface area (Å²) in [4.78, 5) is 20.0. The monoisotopic (exact) mass is 347 g/mol. The van der Waals surface area contributed by atoms with Crippen molar-refractivity contribution in [1.82, 2.24) is 15.3 Å². The molecule has 0 saturated heterocycles. The Bertz CT molecular complexity index is 1000. The molecular weight excluding hydrogens is 330 g/mol. The molecule has 0 aliphatic heterocycles. The molecule has 4 rings (SSSR count). The van der Waals surface area contributed by atoms with Crippen molar-refractivity contribution in [3.63, 3.8) is 0 Å². The third kappa shape index (κ3) is 3.32. The number of hydrogen-bond acceptors (Lipinski definition) is 3. The first-order chi connectivity index (χ1) is 12.3. The fourth-order valence-corrected chi connectivity index (χ4v) is 3.64. The van der Waals surface area contributed by atoms with Gasteiger partial charge < -0.3 is 10.3 Å². The van der Waals surface area contributed by atoms with Gasteiger partial charge in [-0.3, -0.25) is 4.79 Å². The molecule has 0 aliphatic carbocycles. The van der Waals surface area contributed by atoms with Crippen LogP contribution in [-0.4, -0.2) is 22.4 Å². The van der Waals surface area contributed by atoms with Gasteiger partial charge in [-0.15, -0.1) is 11.3 Å². The molecule has 25 heavy (non-hydrogen) atoms. The minimum absolute atomic E-state index is 0.127. The molecule has 4 aromatic rings. The van der Waals surface area contributed by atoms with Gasteiger partial charge in [0, 0.05) is 34.6 Å². The Hall–Kier alpha value is -2.92. The van der Waals surface area contributed by atoms with Crippen molar-refractivity contribution < 1.29 is 4.79 Å². The molecule has 4 nitrogen and oxygen atoms in total. The second kappa shape index (κ2) is 6.91. The summed E-state index contributed by atoms with van der Waals surface area (Å²) >= 11 is 1.49. The molecule has 2 N–H and O–H groups in total. The van der Waals surface area contributed by atoms with Crippen LogP contribution in [0.3, 0.4) is 0 Å². The summed E-state index contributed by atoms with van der Waals surface area (Å²) in [5.41, 5.74) is 3.84. The van der Waals surface area contributed by atoms with Gasteiger partial charge >= 0.3 is 0 Å². The summed E-state index contributed by atoms with van der Waals surface area (Å²) in [6.45, 7) is 0.582. The molecule has 0 radical (unpaired) electrons. The van der Waals surface area contributed by atoms with Gasteiger partial charge in [-0.05, 0) is 18.1 Å². The first kappa shape index (κ1) is 15.6.